The third-order valence-electron chi connectivity index (χ3n) is 2.46. The van der Waals surface area contributed by atoms with E-state index in [9.17, 15) is 0 Å². The van der Waals surface area contributed by atoms with E-state index < -0.39 is 5.54 Å². The normalized spacial score (nSPS) is 27.0. The molecule has 1 aliphatic rings. The Balaban J connectivity index is 2.41. The average Bonchev–Trinajstić information content (AvgIpc) is 2.65. The summed E-state index contributed by atoms with van der Waals surface area (Å²) in [5.41, 5.74) is 12.8. The van der Waals surface area contributed by atoms with Gasteiger partial charge in [-0.05, 0) is 24.6 Å². The van der Waals surface area contributed by atoms with Gasteiger partial charge in [0.1, 0.15) is 0 Å². The van der Waals surface area contributed by atoms with E-state index in [0.29, 0.717) is 17.2 Å². The molecule has 2 rings (SSSR count). The van der Waals surface area contributed by atoms with Gasteiger partial charge in [0.25, 0.3) is 0 Å². The summed E-state index contributed by atoms with van der Waals surface area (Å²) >= 11 is 6.11. The van der Waals surface area contributed by atoms with Crippen molar-refractivity contribution in [2.45, 2.75) is 12.0 Å². The van der Waals surface area contributed by atoms with E-state index in [2.05, 4.69) is 4.98 Å². The summed E-state index contributed by atoms with van der Waals surface area (Å²) in [6, 6.07) is 3.82. The van der Waals surface area contributed by atoms with E-state index in [1.54, 1.807) is 6.08 Å². The second-order valence-electron chi connectivity index (χ2n) is 3.46. The van der Waals surface area contributed by atoms with E-state index in [4.69, 9.17) is 23.1 Å². The summed E-state index contributed by atoms with van der Waals surface area (Å²) in [7, 11) is 0. The van der Waals surface area contributed by atoms with Gasteiger partial charge in [0, 0.05) is 22.6 Å². The highest BCUT2D eigenvalue weighted by molar-refractivity contribution is 6.31. The van der Waals surface area contributed by atoms with Crippen LogP contribution in [-0.4, -0.2) is 4.98 Å². The quantitative estimate of drug-likeness (QED) is 0.657. The number of allylic oxidation sites excluding steroid dienone is 1. The second-order valence-corrected chi connectivity index (χ2v) is 3.86. The van der Waals surface area contributed by atoms with Crippen LogP contribution in [0.2, 0.25) is 0 Å². The Morgan fingerprint density at radius 2 is 2.29 bits per heavy atom. The first-order valence-electron chi connectivity index (χ1n) is 4.39. The lowest BCUT2D eigenvalue weighted by Crippen LogP contribution is -2.38. The van der Waals surface area contributed by atoms with Gasteiger partial charge in [0.2, 0.25) is 0 Å². The minimum atomic E-state index is -0.645. The number of aromatic nitrogens is 1. The largest absolute Gasteiger partial charge is 0.399 e. The molecule has 0 aromatic carbocycles. The molecular weight excluding hydrogens is 198 g/mol. The first-order valence-corrected chi connectivity index (χ1v) is 4.77. The lowest BCUT2D eigenvalue weighted by Gasteiger charge is -2.29. The molecular formula is C10H12ClN3. The SMILES string of the molecule is NC1=CCC(N)(c2ccc[nH]2)C(Cl)=C1. The molecule has 0 amide bonds. The smallest absolute Gasteiger partial charge is 0.0959 e. The van der Waals surface area contributed by atoms with Crippen LogP contribution >= 0.6 is 11.6 Å². The number of halogens is 1. The maximum absolute atomic E-state index is 6.20. The van der Waals surface area contributed by atoms with Crippen LogP contribution in [0.5, 0.6) is 0 Å². The number of aromatic amines is 1. The van der Waals surface area contributed by atoms with Gasteiger partial charge >= 0.3 is 0 Å². The molecule has 0 aliphatic heterocycles. The van der Waals surface area contributed by atoms with Gasteiger partial charge in [-0.25, -0.2) is 0 Å². The fraction of sp³-hybridized carbons (Fsp3) is 0.200. The minimum Gasteiger partial charge on any atom is -0.399 e. The van der Waals surface area contributed by atoms with Crippen molar-refractivity contribution >= 4 is 11.6 Å². The van der Waals surface area contributed by atoms with Crippen molar-refractivity contribution in [1.29, 1.82) is 0 Å². The highest BCUT2D eigenvalue weighted by Crippen LogP contribution is 2.35. The van der Waals surface area contributed by atoms with Crippen molar-refractivity contribution in [2.24, 2.45) is 11.5 Å². The van der Waals surface area contributed by atoms with Crippen molar-refractivity contribution in [2.75, 3.05) is 0 Å². The lowest BCUT2D eigenvalue weighted by molar-refractivity contribution is 0.535. The molecule has 1 aliphatic carbocycles. The molecule has 1 aromatic heterocycles. The molecule has 1 atom stereocenters. The maximum atomic E-state index is 6.20. The predicted molar refractivity (Wildman–Crippen MR) is 57.5 cm³/mol. The van der Waals surface area contributed by atoms with Gasteiger partial charge in [-0.1, -0.05) is 17.7 Å². The zero-order valence-corrected chi connectivity index (χ0v) is 8.38. The average molecular weight is 210 g/mol. The van der Waals surface area contributed by atoms with E-state index in [0.717, 1.165) is 5.69 Å². The monoisotopic (exact) mass is 209 g/mol. The molecule has 3 nitrogen and oxygen atoms in total. The molecule has 0 spiro atoms. The number of nitrogens with two attached hydrogens (primary N) is 2. The summed E-state index contributed by atoms with van der Waals surface area (Å²) in [5, 5.41) is 0.569. The van der Waals surface area contributed by atoms with Gasteiger partial charge in [-0.3, -0.25) is 0 Å². The highest BCUT2D eigenvalue weighted by atomic mass is 35.5. The van der Waals surface area contributed by atoms with Crippen molar-refractivity contribution in [3.8, 4) is 0 Å². The molecule has 74 valence electrons. The zero-order chi connectivity index (χ0) is 10.2. The Labute approximate surface area is 87.4 Å². The molecule has 0 saturated carbocycles. The predicted octanol–water partition coefficient (Wildman–Crippen LogP) is 1.54. The van der Waals surface area contributed by atoms with E-state index in [1.807, 2.05) is 24.4 Å². The topological polar surface area (TPSA) is 67.8 Å². The van der Waals surface area contributed by atoms with Crippen LogP contribution in [-0.2, 0) is 5.54 Å². The second kappa shape index (κ2) is 3.19. The number of H-pyrrole nitrogens is 1. The van der Waals surface area contributed by atoms with Crippen LogP contribution in [0.15, 0.2) is 41.2 Å². The van der Waals surface area contributed by atoms with E-state index in [1.165, 1.54) is 0 Å². The fourth-order valence-corrected chi connectivity index (χ4v) is 1.86. The number of rotatable bonds is 1. The van der Waals surface area contributed by atoms with Crippen molar-refractivity contribution in [3.05, 3.63) is 46.9 Å². The van der Waals surface area contributed by atoms with Gasteiger partial charge in [-0.15, -0.1) is 0 Å². The summed E-state index contributed by atoms with van der Waals surface area (Å²) in [5.74, 6) is 0. The molecule has 5 N–H and O–H groups in total. The summed E-state index contributed by atoms with van der Waals surface area (Å²) in [6.07, 6.45) is 6.03. The van der Waals surface area contributed by atoms with Gasteiger partial charge in [0.15, 0.2) is 0 Å². The lowest BCUT2D eigenvalue weighted by atomic mass is 9.88. The van der Waals surface area contributed by atoms with Crippen molar-refractivity contribution in [3.63, 3.8) is 0 Å². The third kappa shape index (κ3) is 1.35. The van der Waals surface area contributed by atoms with Gasteiger partial charge in [-0.2, -0.15) is 0 Å². The molecule has 0 bridgehead atoms. The molecule has 1 aromatic rings. The van der Waals surface area contributed by atoms with Gasteiger partial charge < -0.3 is 16.5 Å². The summed E-state index contributed by atoms with van der Waals surface area (Å²) in [6.45, 7) is 0. The van der Waals surface area contributed by atoms with Gasteiger partial charge in [0.05, 0.1) is 5.54 Å². The first kappa shape index (κ1) is 9.37. The Hall–Kier alpha value is -1.19. The van der Waals surface area contributed by atoms with E-state index >= 15 is 0 Å². The molecule has 0 fully saturated rings. The number of hydrogen-bond acceptors (Lipinski definition) is 2. The number of nitrogens with one attached hydrogen (secondary N) is 1. The fourth-order valence-electron chi connectivity index (χ4n) is 1.56. The standard InChI is InChI=1S/C10H12ClN3/c11-8-6-7(12)3-4-10(8,13)9-2-1-5-14-9/h1-3,5-6,14H,4,12-13H2. The van der Waals surface area contributed by atoms with Crippen molar-refractivity contribution in [1.82, 2.24) is 4.98 Å². The molecule has 14 heavy (non-hydrogen) atoms. The minimum absolute atomic E-state index is 0.569. The highest BCUT2D eigenvalue weighted by Gasteiger charge is 2.33. The third-order valence-corrected chi connectivity index (χ3v) is 2.90. The molecule has 1 unspecified atom stereocenters. The Kier molecular flexibility index (Phi) is 2.13. The first-order chi connectivity index (χ1) is 6.63. The number of hydrogen-bond donors (Lipinski definition) is 3. The molecule has 4 heteroatoms. The molecule has 0 saturated heterocycles. The Morgan fingerprint density at radius 1 is 1.50 bits per heavy atom. The van der Waals surface area contributed by atoms with Crippen LogP contribution in [0.1, 0.15) is 12.1 Å². The van der Waals surface area contributed by atoms with Crippen LogP contribution in [0.25, 0.3) is 0 Å². The van der Waals surface area contributed by atoms with Crippen LogP contribution in [0, 0.1) is 0 Å². The Bertz CT molecular complexity index is 392. The summed E-state index contributed by atoms with van der Waals surface area (Å²) < 4.78 is 0. The van der Waals surface area contributed by atoms with Crippen LogP contribution in [0.3, 0.4) is 0 Å². The zero-order valence-electron chi connectivity index (χ0n) is 7.63. The molecule has 0 radical (unpaired) electrons. The summed E-state index contributed by atoms with van der Waals surface area (Å²) in [4.78, 5) is 3.07. The van der Waals surface area contributed by atoms with E-state index in [-0.39, 0.29) is 0 Å². The van der Waals surface area contributed by atoms with Crippen molar-refractivity contribution < 1.29 is 0 Å². The maximum Gasteiger partial charge on any atom is 0.0959 e. The van der Waals surface area contributed by atoms with Crippen LogP contribution < -0.4 is 11.5 Å². The van der Waals surface area contributed by atoms with Crippen LogP contribution in [0.4, 0.5) is 0 Å². The molecule has 1 heterocycles. The Morgan fingerprint density at radius 3 is 2.86 bits per heavy atom.